The summed E-state index contributed by atoms with van der Waals surface area (Å²) in [5, 5.41) is 1.82. The van der Waals surface area contributed by atoms with Gasteiger partial charge in [0.1, 0.15) is 0 Å². The number of nitrogens with zero attached hydrogens (tertiary/aromatic N) is 1. The summed E-state index contributed by atoms with van der Waals surface area (Å²) in [7, 11) is 0. The van der Waals surface area contributed by atoms with Crippen LogP contribution in [0.2, 0.25) is 5.02 Å². The summed E-state index contributed by atoms with van der Waals surface area (Å²) in [6.45, 7) is 0. The standard InChI is InChI=1S/C17H13ClN2/c18-14-8-5-12(6-9-14)16(19)11-15-10-7-13-3-1-2-4-17(13)20-15/h1-11H,19H2/b16-11-. The summed E-state index contributed by atoms with van der Waals surface area (Å²) < 4.78 is 0. The molecule has 0 aliphatic carbocycles. The van der Waals surface area contributed by atoms with E-state index in [1.807, 2.05) is 66.7 Å². The summed E-state index contributed by atoms with van der Waals surface area (Å²) in [5.74, 6) is 0. The Morgan fingerprint density at radius 3 is 2.50 bits per heavy atom. The lowest BCUT2D eigenvalue weighted by Gasteiger charge is -2.03. The zero-order valence-corrected chi connectivity index (χ0v) is 11.5. The number of aromatic nitrogens is 1. The molecule has 0 aliphatic rings. The highest BCUT2D eigenvalue weighted by atomic mass is 35.5. The Bertz CT molecular complexity index is 776. The molecule has 1 aromatic heterocycles. The van der Waals surface area contributed by atoms with Crippen molar-refractivity contribution in [2.75, 3.05) is 0 Å². The molecular weight excluding hydrogens is 268 g/mol. The lowest BCUT2D eigenvalue weighted by Crippen LogP contribution is -1.96. The van der Waals surface area contributed by atoms with E-state index < -0.39 is 0 Å². The van der Waals surface area contributed by atoms with Crippen molar-refractivity contribution in [3.63, 3.8) is 0 Å². The molecule has 0 fully saturated rings. The van der Waals surface area contributed by atoms with Gasteiger partial charge in [-0.1, -0.05) is 48.0 Å². The molecular formula is C17H13ClN2. The van der Waals surface area contributed by atoms with Gasteiger partial charge in [0, 0.05) is 16.1 Å². The molecule has 2 nitrogen and oxygen atoms in total. The Balaban J connectivity index is 1.98. The second-order valence-electron chi connectivity index (χ2n) is 4.54. The second kappa shape index (κ2) is 5.35. The van der Waals surface area contributed by atoms with E-state index in [1.165, 1.54) is 0 Å². The van der Waals surface area contributed by atoms with E-state index in [0.717, 1.165) is 22.2 Å². The number of benzene rings is 2. The van der Waals surface area contributed by atoms with E-state index in [-0.39, 0.29) is 0 Å². The molecule has 0 bridgehead atoms. The van der Waals surface area contributed by atoms with Crippen LogP contribution in [0.5, 0.6) is 0 Å². The van der Waals surface area contributed by atoms with E-state index in [1.54, 1.807) is 0 Å². The Morgan fingerprint density at radius 2 is 1.70 bits per heavy atom. The first-order valence-corrected chi connectivity index (χ1v) is 6.69. The highest BCUT2D eigenvalue weighted by Crippen LogP contribution is 2.18. The van der Waals surface area contributed by atoms with Crippen molar-refractivity contribution in [2.45, 2.75) is 0 Å². The molecule has 0 saturated heterocycles. The summed E-state index contributed by atoms with van der Waals surface area (Å²) >= 11 is 5.87. The Kier molecular flexibility index (Phi) is 3.40. The molecule has 0 radical (unpaired) electrons. The van der Waals surface area contributed by atoms with Crippen molar-refractivity contribution < 1.29 is 0 Å². The van der Waals surface area contributed by atoms with Crippen molar-refractivity contribution in [1.82, 2.24) is 4.98 Å². The summed E-state index contributed by atoms with van der Waals surface area (Å²) in [6, 6.07) is 19.5. The van der Waals surface area contributed by atoms with Crippen LogP contribution in [0.15, 0.2) is 60.7 Å². The number of halogens is 1. The molecule has 2 N–H and O–H groups in total. The summed E-state index contributed by atoms with van der Waals surface area (Å²) in [5.41, 5.74) is 9.51. The molecule has 1 heterocycles. The zero-order chi connectivity index (χ0) is 13.9. The van der Waals surface area contributed by atoms with Crippen LogP contribution >= 0.6 is 11.6 Å². The summed E-state index contributed by atoms with van der Waals surface area (Å²) in [6.07, 6.45) is 1.87. The minimum atomic E-state index is 0.671. The van der Waals surface area contributed by atoms with Gasteiger partial charge in [-0.15, -0.1) is 0 Å². The van der Waals surface area contributed by atoms with Gasteiger partial charge < -0.3 is 5.73 Å². The van der Waals surface area contributed by atoms with Crippen LogP contribution in [-0.2, 0) is 0 Å². The second-order valence-corrected chi connectivity index (χ2v) is 4.97. The van der Waals surface area contributed by atoms with Crippen LogP contribution in [0.3, 0.4) is 0 Å². The predicted molar refractivity (Wildman–Crippen MR) is 85.3 cm³/mol. The maximum absolute atomic E-state index is 6.10. The number of rotatable bonds is 2. The first kappa shape index (κ1) is 12.7. The third kappa shape index (κ3) is 2.65. The van der Waals surface area contributed by atoms with Crippen molar-refractivity contribution >= 4 is 34.3 Å². The highest BCUT2D eigenvalue weighted by Gasteiger charge is 1.99. The number of hydrogen-bond donors (Lipinski definition) is 1. The van der Waals surface area contributed by atoms with Crippen molar-refractivity contribution in [3.05, 3.63) is 76.9 Å². The van der Waals surface area contributed by atoms with Crippen molar-refractivity contribution in [2.24, 2.45) is 5.73 Å². The molecule has 0 amide bonds. The van der Waals surface area contributed by atoms with E-state index in [2.05, 4.69) is 4.98 Å². The maximum Gasteiger partial charge on any atom is 0.0709 e. The molecule has 3 aromatic rings. The van der Waals surface area contributed by atoms with Crippen LogP contribution in [-0.4, -0.2) is 4.98 Å². The average Bonchev–Trinajstić information content (AvgIpc) is 2.48. The van der Waals surface area contributed by atoms with E-state index >= 15 is 0 Å². The fraction of sp³-hybridized carbons (Fsp3) is 0. The monoisotopic (exact) mass is 280 g/mol. The van der Waals surface area contributed by atoms with Crippen LogP contribution in [0.4, 0.5) is 0 Å². The topological polar surface area (TPSA) is 38.9 Å². The number of pyridine rings is 1. The van der Waals surface area contributed by atoms with Gasteiger partial charge in [0.2, 0.25) is 0 Å². The van der Waals surface area contributed by atoms with Crippen molar-refractivity contribution in [1.29, 1.82) is 0 Å². The molecule has 0 atom stereocenters. The third-order valence-electron chi connectivity index (χ3n) is 3.10. The molecule has 0 unspecified atom stereocenters. The van der Waals surface area contributed by atoms with Crippen LogP contribution in [0.25, 0.3) is 22.7 Å². The number of hydrogen-bond acceptors (Lipinski definition) is 2. The predicted octanol–water partition coefficient (Wildman–Crippen LogP) is 4.35. The summed E-state index contributed by atoms with van der Waals surface area (Å²) in [4.78, 5) is 4.58. The van der Waals surface area contributed by atoms with E-state index in [4.69, 9.17) is 17.3 Å². The SMILES string of the molecule is N/C(=C\c1ccc2ccccc2n1)c1ccc(Cl)cc1. The van der Waals surface area contributed by atoms with Gasteiger partial charge in [0.15, 0.2) is 0 Å². The van der Waals surface area contributed by atoms with Gasteiger partial charge in [0.05, 0.1) is 11.2 Å². The van der Waals surface area contributed by atoms with Gasteiger partial charge >= 0.3 is 0 Å². The Morgan fingerprint density at radius 1 is 0.950 bits per heavy atom. The van der Waals surface area contributed by atoms with Gasteiger partial charge in [-0.3, -0.25) is 0 Å². The van der Waals surface area contributed by atoms with E-state index in [0.29, 0.717) is 10.7 Å². The number of nitrogens with two attached hydrogens (primary N) is 1. The lowest BCUT2D eigenvalue weighted by atomic mass is 10.1. The average molecular weight is 281 g/mol. The quantitative estimate of drug-likeness (QED) is 0.758. The van der Waals surface area contributed by atoms with Crippen LogP contribution in [0.1, 0.15) is 11.3 Å². The normalized spacial score (nSPS) is 11.8. The largest absolute Gasteiger partial charge is 0.398 e. The highest BCUT2D eigenvalue weighted by molar-refractivity contribution is 6.30. The molecule has 0 saturated carbocycles. The third-order valence-corrected chi connectivity index (χ3v) is 3.35. The van der Waals surface area contributed by atoms with Gasteiger partial charge in [0.25, 0.3) is 0 Å². The molecule has 20 heavy (non-hydrogen) atoms. The fourth-order valence-corrected chi connectivity index (χ4v) is 2.17. The molecule has 98 valence electrons. The Hall–Kier alpha value is -2.32. The van der Waals surface area contributed by atoms with Gasteiger partial charge in [-0.05, 0) is 35.9 Å². The van der Waals surface area contributed by atoms with Crippen LogP contribution < -0.4 is 5.73 Å². The fourth-order valence-electron chi connectivity index (χ4n) is 2.05. The van der Waals surface area contributed by atoms with Gasteiger partial charge in [-0.2, -0.15) is 0 Å². The minimum absolute atomic E-state index is 0.671. The van der Waals surface area contributed by atoms with Gasteiger partial charge in [-0.25, -0.2) is 4.98 Å². The smallest absolute Gasteiger partial charge is 0.0709 e. The lowest BCUT2D eigenvalue weighted by molar-refractivity contribution is 1.37. The first-order chi connectivity index (χ1) is 9.72. The maximum atomic E-state index is 6.10. The first-order valence-electron chi connectivity index (χ1n) is 6.31. The molecule has 2 aromatic carbocycles. The number of fused-ring (bicyclic) bond motifs is 1. The zero-order valence-electron chi connectivity index (χ0n) is 10.8. The van der Waals surface area contributed by atoms with Crippen molar-refractivity contribution in [3.8, 4) is 0 Å². The molecule has 3 heteroatoms. The molecule has 0 aliphatic heterocycles. The van der Waals surface area contributed by atoms with Crippen LogP contribution in [0, 0.1) is 0 Å². The molecule has 0 spiro atoms. The van der Waals surface area contributed by atoms with E-state index in [9.17, 15) is 0 Å². The molecule has 3 rings (SSSR count). The minimum Gasteiger partial charge on any atom is -0.398 e. The Labute approximate surface area is 122 Å². The number of para-hydroxylation sites is 1.